The molecule has 6 heteroatoms. The van der Waals surface area contributed by atoms with Crippen LogP contribution in [0.2, 0.25) is 15.2 Å². The van der Waals surface area contributed by atoms with Gasteiger partial charge in [-0.15, -0.1) is 0 Å². The third-order valence-corrected chi connectivity index (χ3v) is 6.46. The number of hydrogen-bond donors (Lipinski definition) is 1. The topological polar surface area (TPSA) is 46.0 Å². The summed E-state index contributed by atoms with van der Waals surface area (Å²) in [6.07, 6.45) is 1.73. The van der Waals surface area contributed by atoms with Crippen molar-refractivity contribution in [2.45, 2.75) is 6.61 Å². The molecule has 3 nitrogen and oxygen atoms in total. The lowest BCUT2D eigenvalue weighted by molar-refractivity contribution is 0.282. The first-order valence-corrected chi connectivity index (χ1v) is 11.4. The lowest BCUT2D eigenvalue weighted by Crippen LogP contribution is -1.98. The van der Waals surface area contributed by atoms with Crippen molar-refractivity contribution in [2.75, 3.05) is 0 Å². The number of rotatable bonds is 4. The van der Waals surface area contributed by atoms with Gasteiger partial charge in [-0.1, -0.05) is 83.3 Å². The molecule has 2 heterocycles. The molecule has 0 aliphatic heterocycles. The number of pyridine rings is 2. The third kappa shape index (κ3) is 4.09. The first kappa shape index (κ1) is 21.9. The molecule has 2 aromatic heterocycles. The van der Waals surface area contributed by atoms with Gasteiger partial charge in [0.05, 0.1) is 22.8 Å². The monoisotopic (exact) mass is 490 g/mol. The van der Waals surface area contributed by atoms with Crippen molar-refractivity contribution in [1.82, 2.24) is 9.97 Å². The second-order valence-electron chi connectivity index (χ2n) is 7.54. The Morgan fingerprint density at radius 2 is 1.55 bits per heavy atom. The Balaban J connectivity index is 1.71. The van der Waals surface area contributed by atoms with Crippen molar-refractivity contribution >= 4 is 45.7 Å². The average Bonchev–Trinajstić information content (AvgIpc) is 2.84. The molecule has 0 amide bonds. The molecule has 0 atom stereocenters. The zero-order valence-electron chi connectivity index (χ0n) is 17.3. The third-order valence-electron chi connectivity index (χ3n) is 5.56. The summed E-state index contributed by atoms with van der Waals surface area (Å²) in [5.74, 6) is 0. The summed E-state index contributed by atoms with van der Waals surface area (Å²) in [6, 6.07) is 24.8. The normalized spacial score (nSPS) is 11.2. The summed E-state index contributed by atoms with van der Waals surface area (Å²) >= 11 is 19.5. The van der Waals surface area contributed by atoms with Crippen LogP contribution in [-0.4, -0.2) is 15.1 Å². The SMILES string of the molecule is OCc1c(-c2cccc(Cl)c2)ccnc1-c1ccc2nc(Cl)c(-c3ccccc3)c(Cl)c2c1. The molecule has 5 rings (SSSR count). The minimum atomic E-state index is -0.176. The molecule has 5 aromatic rings. The molecule has 0 radical (unpaired) electrons. The highest BCUT2D eigenvalue weighted by atomic mass is 35.5. The van der Waals surface area contributed by atoms with E-state index in [1.54, 1.807) is 6.20 Å². The molecule has 0 saturated heterocycles. The summed E-state index contributed by atoms with van der Waals surface area (Å²) in [7, 11) is 0. The largest absolute Gasteiger partial charge is 0.392 e. The Labute approximate surface area is 206 Å². The Morgan fingerprint density at radius 3 is 2.30 bits per heavy atom. The Bertz CT molecular complexity index is 1490. The van der Waals surface area contributed by atoms with Gasteiger partial charge in [-0.2, -0.15) is 0 Å². The van der Waals surface area contributed by atoms with Crippen LogP contribution < -0.4 is 0 Å². The number of halogens is 3. The van der Waals surface area contributed by atoms with E-state index in [1.807, 2.05) is 78.9 Å². The van der Waals surface area contributed by atoms with Crippen LogP contribution in [0, 0.1) is 0 Å². The zero-order valence-corrected chi connectivity index (χ0v) is 19.5. The molecular weight excluding hydrogens is 475 g/mol. The highest BCUT2D eigenvalue weighted by Crippen LogP contribution is 2.40. The van der Waals surface area contributed by atoms with Gasteiger partial charge in [-0.05, 0) is 47.0 Å². The Hall–Kier alpha value is -2.95. The molecule has 0 unspecified atom stereocenters. The van der Waals surface area contributed by atoms with Crippen molar-refractivity contribution in [2.24, 2.45) is 0 Å². The van der Waals surface area contributed by atoms with Crippen molar-refractivity contribution in [3.05, 3.63) is 106 Å². The molecule has 33 heavy (non-hydrogen) atoms. The molecule has 0 fully saturated rings. The fourth-order valence-electron chi connectivity index (χ4n) is 4.02. The van der Waals surface area contributed by atoms with E-state index in [0.29, 0.717) is 37.5 Å². The fourth-order valence-corrected chi connectivity index (χ4v) is 4.91. The maximum atomic E-state index is 10.3. The molecule has 1 N–H and O–H groups in total. The predicted molar refractivity (Wildman–Crippen MR) is 137 cm³/mol. The number of hydrogen-bond acceptors (Lipinski definition) is 3. The van der Waals surface area contributed by atoms with Gasteiger partial charge in [0.2, 0.25) is 0 Å². The molecule has 3 aromatic carbocycles. The van der Waals surface area contributed by atoms with Crippen LogP contribution in [0.5, 0.6) is 0 Å². The highest BCUT2D eigenvalue weighted by molar-refractivity contribution is 6.42. The smallest absolute Gasteiger partial charge is 0.139 e. The molecule has 0 bridgehead atoms. The summed E-state index contributed by atoms with van der Waals surface area (Å²) in [5, 5.41) is 12.5. The van der Waals surface area contributed by atoms with Crippen molar-refractivity contribution < 1.29 is 5.11 Å². The molecule has 0 spiro atoms. The standard InChI is InChI=1S/C27H17Cl3N2O/c28-19-8-4-7-17(13-19)20-11-12-31-26(22(20)15-33)18-9-10-23-21(14-18)25(29)24(27(30)32-23)16-5-2-1-3-6-16/h1-14,33H,15H2. The second kappa shape index (κ2) is 9.12. The number of benzene rings is 3. The van der Waals surface area contributed by atoms with Gasteiger partial charge in [0.15, 0.2) is 0 Å². The van der Waals surface area contributed by atoms with E-state index in [1.165, 1.54) is 0 Å². The zero-order chi connectivity index (χ0) is 22.9. The van der Waals surface area contributed by atoms with Gasteiger partial charge >= 0.3 is 0 Å². The van der Waals surface area contributed by atoms with Crippen LogP contribution in [0.4, 0.5) is 0 Å². The van der Waals surface area contributed by atoms with Crippen LogP contribution in [0.15, 0.2) is 85.1 Å². The van der Waals surface area contributed by atoms with Gasteiger partial charge in [-0.3, -0.25) is 4.98 Å². The molecule has 0 aliphatic rings. The highest BCUT2D eigenvalue weighted by Gasteiger charge is 2.17. The van der Waals surface area contributed by atoms with Gasteiger partial charge in [-0.25, -0.2) is 4.98 Å². The van der Waals surface area contributed by atoms with E-state index in [4.69, 9.17) is 34.8 Å². The van der Waals surface area contributed by atoms with E-state index in [9.17, 15) is 5.11 Å². The van der Waals surface area contributed by atoms with Gasteiger partial charge < -0.3 is 5.11 Å². The van der Waals surface area contributed by atoms with E-state index in [-0.39, 0.29) is 6.61 Å². The summed E-state index contributed by atoms with van der Waals surface area (Å²) < 4.78 is 0. The van der Waals surface area contributed by atoms with E-state index in [0.717, 1.165) is 27.6 Å². The van der Waals surface area contributed by atoms with E-state index >= 15 is 0 Å². The average molecular weight is 492 g/mol. The fraction of sp³-hybridized carbons (Fsp3) is 0.0370. The predicted octanol–water partition coefficient (Wildman–Crippen LogP) is 8.08. The van der Waals surface area contributed by atoms with Crippen LogP contribution in [0.25, 0.3) is 44.4 Å². The number of aliphatic hydroxyl groups is 1. The molecule has 0 aliphatic carbocycles. The quantitative estimate of drug-likeness (QED) is 0.258. The van der Waals surface area contributed by atoms with Crippen molar-refractivity contribution in [3.63, 3.8) is 0 Å². The molecule has 0 saturated carbocycles. The maximum Gasteiger partial charge on any atom is 0.139 e. The number of nitrogens with zero attached hydrogens (tertiary/aromatic N) is 2. The molecular formula is C27H17Cl3N2O. The van der Waals surface area contributed by atoms with Crippen molar-refractivity contribution in [1.29, 1.82) is 0 Å². The number of aromatic nitrogens is 2. The lowest BCUT2D eigenvalue weighted by atomic mass is 9.95. The van der Waals surface area contributed by atoms with Crippen LogP contribution >= 0.6 is 34.8 Å². The first-order chi connectivity index (χ1) is 16.1. The first-order valence-electron chi connectivity index (χ1n) is 10.3. The number of aliphatic hydroxyl groups excluding tert-OH is 1. The van der Waals surface area contributed by atoms with Gasteiger partial charge in [0, 0.05) is 33.3 Å². The lowest BCUT2D eigenvalue weighted by Gasteiger charge is -2.15. The van der Waals surface area contributed by atoms with E-state index < -0.39 is 0 Å². The maximum absolute atomic E-state index is 10.3. The second-order valence-corrected chi connectivity index (χ2v) is 8.72. The van der Waals surface area contributed by atoms with Gasteiger partial charge in [0.25, 0.3) is 0 Å². The van der Waals surface area contributed by atoms with Crippen LogP contribution in [0.3, 0.4) is 0 Å². The van der Waals surface area contributed by atoms with Crippen LogP contribution in [-0.2, 0) is 6.61 Å². The van der Waals surface area contributed by atoms with Gasteiger partial charge in [0.1, 0.15) is 5.15 Å². The summed E-state index contributed by atoms with van der Waals surface area (Å²) in [4.78, 5) is 9.14. The minimum absolute atomic E-state index is 0.176. The number of fused-ring (bicyclic) bond motifs is 1. The Kier molecular flexibility index (Phi) is 6.05. The summed E-state index contributed by atoms with van der Waals surface area (Å²) in [6.45, 7) is -0.176. The summed E-state index contributed by atoms with van der Waals surface area (Å²) in [5.41, 5.74) is 6.25. The van der Waals surface area contributed by atoms with Crippen LogP contribution in [0.1, 0.15) is 5.56 Å². The molecule has 162 valence electrons. The van der Waals surface area contributed by atoms with Crippen molar-refractivity contribution in [3.8, 4) is 33.5 Å². The minimum Gasteiger partial charge on any atom is -0.392 e. The van der Waals surface area contributed by atoms with E-state index in [2.05, 4.69) is 9.97 Å². The Morgan fingerprint density at radius 1 is 0.758 bits per heavy atom.